The Labute approximate surface area is 84.9 Å². The number of rotatable bonds is 3. The molecule has 0 saturated heterocycles. The monoisotopic (exact) mass is 195 g/mol. The van der Waals surface area contributed by atoms with Gasteiger partial charge in [0.2, 0.25) is 0 Å². The van der Waals surface area contributed by atoms with Gasteiger partial charge in [0.25, 0.3) is 0 Å². The highest BCUT2D eigenvalue weighted by Crippen LogP contribution is 2.27. The number of terminal acetylenes is 1. The number of hydrogen-bond donors (Lipinski definition) is 2. The summed E-state index contributed by atoms with van der Waals surface area (Å²) in [5, 5.41) is 12.2. The van der Waals surface area contributed by atoms with E-state index < -0.39 is 11.5 Å². The zero-order valence-electron chi connectivity index (χ0n) is 8.38. The molecule has 1 rings (SSSR count). The summed E-state index contributed by atoms with van der Waals surface area (Å²) in [5.41, 5.74) is -0.761. The van der Waals surface area contributed by atoms with E-state index in [1.807, 2.05) is 0 Å². The molecular weight excluding hydrogens is 178 g/mol. The van der Waals surface area contributed by atoms with Crippen molar-refractivity contribution < 1.29 is 9.90 Å². The van der Waals surface area contributed by atoms with Gasteiger partial charge in [0, 0.05) is 0 Å². The molecule has 0 aromatic rings. The van der Waals surface area contributed by atoms with Gasteiger partial charge in [0.05, 0.1) is 6.54 Å². The summed E-state index contributed by atoms with van der Waals surface area (Å²) in [4.78, 5) is 11.2. The fourth-order valence-electron chi connectivity index (χ4n) is 2.02. The van der Waals surface area contributed by atoms with Gasteiger partial charge < -0.3 is 5.11 Å². The van der Waals surface area contributed by atoms with Crippen LogP contribution in [0.4, 0.5) is 0 Å². The van der Waals surface area contributed by atoms with Gasteiger partial charge in [0.1, 0.15) is 5.54 Å². The van der Waals surface area contributed by atoms with Crippen LogP contribution in [0.1, 0.15) is 38.5 Å². The summed E-state index contributed by atoms with van der Waals surface area (Å²) in [6.45, 7) is 0.340. The molecule has 1 aliphatic carbocycles. The highest BCUT2D eigenvalue weighted by molar-refractivity contribution is 5.78. The second kappa shape index (κ2) is 5.02. The number of carboxylic acids is 1. The van der Waals surface area contributed by atoms with Crippen LogP contribution in [0.25, 0.3) is 0 Å². The van der Waals surface area contributed by atoms with Crippen molar-refractivity contribution in [3.63, 3.8) is 0 Å². The number of nitrogens with one attached hydrogen (secondary N) is 1. The van der Waals surface area contributed by atoms with Crippen molar-refractivity contribution in [1.29, 1.82) is 0 Å². The van der Waals surface area contributed by atoms with E-state index in [4.69, 9.17) is 6.42 Å². The van der Waals surface area contributed by atoms with Crippen LogP contribution in [0, 0.1) is 12.3 Å². The van der Waals surface area contributed by atoms with Crippen LogP contribution in [-0.4, -0.2) is 23.2 Å². The first-order valence-corrected chi connectivity index (χ1v) is 5.13. The molecule has 0 bridgehead atoms. The standard InChI is InChI=1S/C11H17NO2/c1-2-9-12-11(10(13)14)7-5-3-4-6-8-11/h1,12H,3-9H2,(H,13,14). The molecule has 0 atom stereocenters. The molecule has 0 aromatic heterocycles. The van der Waals surface area contributed by atoms with E-state index >= 15 is 0 Å². The van der Waals surface area contributed by atoms with Gasteiger partial charge in [-0.2, -0.15) is 0 Å². The minimum absolute atomic E-state index is 0.340. The van der Waals surface area contributed by atoms with Crippen LogP contribution >= 0.6 is 0 Å². The molecule has 0 aliphatic heterocycles. The van der Waals surface area contributed by atoms with E-state index in [0.717, 1.165) is 25.7 Å². The molecule has 3 nitrogen and oxygen atoms in total. The molecule has 2 N–H and O–H groups in total. The maximum atomic E-state index is 11.2. The summed E-state index contributed by atoms with van der Waals surface area (Å²) in [5.74, 6) is 1.69. The summed E-state index contributed by atoms with van der Waals surface area (Å²) < 4.78 is 0. The van der Waals surface area contributed by atoms with Crippen molar-refractivity contribution >= 4 is 5.97 Å². The third-order valence-corrected chi connectivity index (χ3v) is 2.90. The van der Waals surface area contributed by atoms with Crippen LogP contribution < -0.4 is 5.32 Å². The fourth-order valence-corrected chi connectivity index (χ4v) is 2.02. The zero-order chi connectivity index (χ0) is 10.4. The van der Waals surface area contributed by atoms with Crippen LogP contribution in [-0.2, 0) is 4.79 Å². The molecule has 1 fully saturated rings. The Morgan fingerprint density at radius 2 is 1.93 bits per heavy atom. The normalized spacial score (nSPS) is 20.8. The lowest BCUT2D eigenvalue weighted by atomic mass is 9.90. The Balaban J connectivity index is 2.68. The summed E-state index contributed by atoms with van der Waals surface area (Å²) in [7, 11) is 0. The molecule has 3 heteroatoms. The molecule has 0 radical (unpaired) electrons. The topological polar surface area (TPSA) is 49.3 Å². The minimum atomic E-state index is -0.761. The minimum Gasteiger partial charge on any atom is -0.480 e. The lowest BCUT2D eigenvalue weighted by Crippen LogP contribution is -2.51. The van der Waals surface area contributed by atoms with Gasteiger partial charge in [-0.1, -0.05) is 31.6 Å². The Morgan fingerprint density at radius 1 is 1.36 bits per heavy atom. The molecule has 0 heterocycles. The van der Waals surface area contributed by atoms with Crippen molar-refractivity contribution in [2.45, 2.75) is 44.1 Å². The van der Waals surface area contributed by atoms with Gasteiger partial charge >= 0.3 is 5.97 Å². The van der Waals surface area contributed by atoms with E-state index in [1.165, 1.54) is 0 Å². The van der Waals surface area contributed by atoms with Crippen molar-refractivity contribution in [3.8, 4) is 12.3 Å². The largest absolute Gasteiger partial charge is 0.480 e. The maximum Gasteiger partial charge on any atom is 0.323 e. The average Bonchev–Trinajstić information content (AvgIpc) is 2.41. The second-order valence-corrected chi connectivity index (χ2v) is 3.86. The van der Waals surface area contributed by atoms with E-state index in [1.54, 1.807) is 0 Å². The Bertz CT molecular complexity index is 234. The second-order valence-electron chi connectivity index (χ2n) is 3.86. The first-order valence-electron chi connectivity index (χ1n) is 5.13. The lowest BCUT2D eigenvalue weighted by Gasteiger charge is -2.28. The van der Waals surface area contributed by atoms with Gasteiger partial charge in [-0.3, -0.25) is 10.1 Å². The third kappa shape index (κ3) is 2.49. The van der Waals surface area contributed by atoms with Gasteiger partial charge in [-0.05, 0) is 12.8 Å². The van der Waals surface area contributed by atoms with Gasteiger partial charge in [-0.25, -0.2) is 0 Å². The number of aliphatic carboxylic acids is 1. The van der Waals surface area contributed by atoms with Crippen LogP contribution in [0.15, 0.2) is 0 Å². The molecule has 78 valence electrons. The van der Waals surface area contributed by atoms with Crippen molar-refractivity contribution in [3.05, 3.63) is 0 Å². The van der Waals surface area contributed by atoms with E-state index in [-0.39, 0.29) is 0 Å². The summed E-state index contributed by atoms with van der Waals surface area (Å²) >= 11 is 0. The molecular formula is C11H17NO2. The van der Waals surface area contributed by atoms with Crippen molar-refractivity contribution in [1.82, 2.24) is 5.32 Å². The van der Waals surface area contributed by atoms with E-state index in [0.29, 0.717) is 19.4 Å². The van der Waals surface area contributed by atoms with Crippen molar-refractivity contribution in [2.75, 3.05) is 6.54 Å². The summed E-state index contributed by atoms with van der Waals surface area (Å²) in [6.07, 6.45) is 10.8. The summed E-state index contributed by atoms with van der Waals surface area (Å²) in [6, 6.07) is 0. The van der Waals surface area contributed by atoms with E-state index in [9.17, 15) is 9.90 Å². The van der Waals surface area contributed by atoms with E-state index in [2.05, 4.69) is 11.2 Å². The van der Waals surface area contributed by atoms with Crippen LogP contribution in [0.2, 0.25) is 0 Å². The SMILES string of the molecule is C#CCNC1(C(=O)O)CCCCCC1. The van der Waals surface area contributed by atoms with Crippen molar-refractivity contribution in [2.24, 2.45) is 0 Å². The molecule has 1 saturated carbocycles. The molecule has 0 spiro atoms. The number of carboxylic acid groups (broad SMARTS) is 1. The fraction of sp³-hybridized carbons (Fsp3) is 0.727. The maximum absolute atomic E-state index is 11.2. The molecule has 0 unspecified atom stereocenters. The molecule has 14 heavy (non-hydrogen) atoms. The first-order chi connectivity index (χ1) is 6.71. The molecule has 1 aliphatic rings. The smallest absolute Gasteiger partial charge is 0.323 e. The predicted octanol–water partition coefficient (Wildman–Crippen LogP) is 1.39. The number of carbonyl (C=O) groups is 1. The Kier molecular flexibility index (Phi) is 3.97. The van der Waals surface area contributed by atoms with Crippen LogP contribution in [0.3, 0.4) is 0 Å². The average molecular weight is 195 g/mol. The van der Waals surface area contributed by atoms with Gasteiger partial charge in [0.15, 0.2) is 0 Å². The lowest BCUT2D eigenvalue weighted by molar-refractivity contribution is -0.145. The Morgan fingerprint density at radius 3 is 2.36 bits per heavy atom. The zero-order valence-corrected chi connectivity index (χ0v) is 8.38. The highest BCUT2D eigenvalue weighted by atomic mass is 16.4. The molecule has 0 amide bonds. The van der Waals surface area contributed by atoms with Gasteiger partial charge in [-0.15, -0.1) is 6.42 Å². The van der Waals surface area contributed by atoms with Crippen LogP contribution in [0.5, 0.6) is 0 Å². The quantitative estimate of drug-likeness (QED) is 0.528. The predicted molar refractivity (Wildman–Crippen MR) is 54.9 cm³/mol. The molecule has 0 aromatic carbocycles. The third-order valence-electron chi connectivity index (χ3n) is 2.90. The highest BCUT2D eigenvalue weighted by Gasteiger charge is 2.37. The first kappa shape index (κ1) is 11.1. The number of hydrogen-bond acceptors (Lipinski definition) is 2. The Hall–Kier alpha value is -1.01.